The Morgan fingerprint density at radius 3 is 2.31 bits per heavy atom. The maximum absolute atomic E-state index is 13.1. The van der Waals surface area contributed by atoms with E-state index in [1.807, 2.05) is 18.2 Å². The fraction of sp³-hybridized carbons (Fsp3) is 0.143. The molecule has 0 aliphatic carbocycles. The normalized spacial score (nSPS) is 11.6. The molecule has 8 heteroatoms. The Morgan fingerprint density at radius 2 is 1.69 bits per heavy atom. The zero-order valence-electron chi connectivity index (χ0n) is 15.8. The van der Waals surface area contributed by atoms with Crippen molar-refractivity contribution in [2.45, 2.75) is 19.9 Å². The van der Waals surface area contributed by atoms with Gasteiger partial charge in [-0.15, -0.1) is 0 Å². The fourth-order valence-corrected chi connectivity index (χ4v) is 2.69. The number of anilines is 2. The van der Waals surface area contributed by atoms with E-state index in [1.54, 1.807) is 12.1 Å². The minimum absolute atomic E-state index is 0.0211. The van der Waals surface area contributed by atoms with E-state index in [2.05, 4.69) is 15.7 Å². The lowest BCUT2D eigenvalue weighted by Gasteiger charge is -2.17. The van der Waals surface area contributed by atoms with E-state index < -0.39 is 29.2 Å². The van der Waals surface area contributed by atoms with Crippen LogP contribution in [-0.4, -0.2) is 21.6 Å². The summed E-state index contributed by atoms with van der Waals surface area (Å²) in [7, 11) is 0. The second-order valence-corrected chi connectivity index (χ2v) is 6.41. The number of nitrogens with one attached hydrogen (secondary N) is 2. The number of aromatic nitrogens is 2. The summed E-state index contributed by atoms with van der Waals surface area (Å²) in [5, 5.41) is 9.43. The van der Waals surface area contributed by atoms with Crippen molar-refractivity contribution >= 4 is 23.2 Å². The summed E-state index contributed by atoms with van der Waals surface area (Å²) < 4.78 is 14.1. The smallest absolute Gasteiger partial charge is 0.291 e. The minimum Gasteiger partial charge on any atom is -0.324 e. The Bertz CT molecular complexity index is 1100. The van der Waals surface area contributed by atoms with E-state index in [0.29, 0.717) is 11.4 Å². The fourth-order valence-electron chi connectivity index (χ4n) is 2.69. The standard InChI is InChI=1S/C21H19FN4O3/c1-13(20(28)24-17-10-8-16(22)9-11-17)26-21(29)19(23-14(2)27)12-18(25-26)15-6-4-3-5-7-15/h3-13H,1-2H3,(H,23,27)(H,24,28)/t13-/m0/s1. The molecule has 0 saturated heterocycles. The van der Waals surface area contributed by atoms with Gasteiger partial charge in [-0.3, -0.25) is 14.4 Å². The van der Waals surface area contributed by atoms with Crippen LogP contribution in [0, 0.1) is 5.82 Å². The number of nitrogens with zero attached hydrogens (tertiary/aromatic N) is 2. The molecule has 0 aliphatic heterocycles. The monoisotopic (exact) mass is 394 g/mol. The van der Waals surface area contributed by atoms with Crippen LogP contribution >= 0.6 is 0 Å². The van der Waals surface area contributed by atoms with Crippen LogP contribution < -0.4 is 16.2 Å². The lowest BCUT2D eigenvalue weighted by molar-refractivity contribution is -0.119. The topological polar surface area (TPSA) is 93.1 Å². The summed E-state index contributed by atoms with van der Waals surface area (Å²) in [5.41, 5.74) is 0.946. The largest absolute Gasteiger partial charge is 0.324 e. The molecule has 0 fully saturated rings. The quantitative estimate of drug-likeness (QED) is 0.695. The minimum atomic E-state index is -0.983. The van der Waals surface area contributed by atoms with Crippen molar-refractivity contribution in [2.75, 3.05) is 10.6 Å². The number of hydrogen-bond donors (Lipinski definition) is 2. The molecule has 3 aromatic rings. The second-order valence-electron chi connectivity index (χ2n) is 6.41. The van der Waals surface area contributed by atoms with Gasteiger partial charge in [0.05, 0.1) is 5.69 Å². The Labute approximate surface area is 166 Å². The van der Waals surface area contributed by atoms with Gasteiger partial charge < -0.3 is 10.6 Å². The van der Waals surface area contributed by atoms with E-state index >= 15 is 0 Å². The molecular formula is C21H19FN4O3. The molecule has 1 atom stereocenters. The van der Waals surface area contributed by atoms with Gasteiger partial charge in [0.25, 0.3) is 5.56 Å². The van der Waals surface area contributed by atoms with Crippen molar-refractivity contribution < 1.29 is 14.0 Å². The molecule has 3 rings (SSSR count). The Kier molecular flexibility index (Phi) is 5.82. The van der Waals surface area contributed by atoms with Crippen molar-refractivity contribution in [3.8, 4) is 11.3 Å². The zero-order chi connectivity index (χ0) is 21.0. The van der Waals surface area contributed by atoms with Crippen LogP contribution in [-0.2, 0) is 9.59 Å². The van der Waals surface area contributed by atoms with E-state index in [1.165, 1.54) is 44.2 Å². The molecule has 29 heavy (non-hydrogen) atoms. The highest BCUT2D eigenvalue weighted by molar-refractivity contribution is 5.93. The van der Waals surface area contributed by atoms with E-state index in [9.17, 15) is 18.8 Å². The van der Waals surface area contributed by atoms with Crippen LogP contribution in [0.3, 0.4) is 0 Å². The van der Waals surface area contributed by atoms with Crippen LogP contribution in [0.5, 0.6) is 0 Å². The lowest BCUT2D eigenvalue weighted by atomic mass is 10.1. The van der Waals surface area contributed by atoms with Crippen LogP contribution in [0.2, 0.25) is 0 Å². The van der Waals surface area contributed by atoms with Gasteiger partial charge in [-0.1, -0.05) is 30.3 Å². The summed E-state index contributed by atoms with van der Waals surface area (Å²) in [6.07, 6.45) is 0. The molecule has 0 spiro atoms. The van der Waals surface area contributed by atoms with Crippen molar-refractivity contribution in [3.63, 3.8) is 0 Å². The van der Waals surface area contributed by atoms with Gasteiger partial charge in [-0.2, -0.15) is 5.10 Å². The third-order valence-corrected chi connectivity index (χ3v) is 4.17. The average molecular weight is 394 g/mol. The number of halogens is 1. The molecule has 0 saturated carbocycles. The highest BCUT2D eigenvalue weighted by atomic mass is 19.1. The summed E-state index contributed by atoms with van der Waals surface area (Å²) in [4.78, 5) is 36.9. The van der Waals surface area contributed by atoms with Crippen molar-refractivity contribution in [3.05, 3.63) is 76.8 Å². The van der Waals surface area contributed by atoms with Gasteiger partial charge in [0.1, 0.15) is 17.5 Å². The van der Waals surface area contributed by atoms with Gasteiger partial charge in [-0.25, -0.2) is 9.07 Å². The number of hydrogen-bond acceptors (Lipinski definition) is 4. The van der Waals surface area contributed by atoms with Gasteiger partial charge in [0.15, 0.2) is 0 Å². The first kappa shape index (κ1) is 19.9. The highest BCUT2D eigenvalue weighted by Crippen LogP contribution is 2.19. The molecule has 1 aromatic heterocycles. The van der Waals surface area contributed by atoms with Gasteiger partial charge >= 0.3 is 0 Å². The van der Waals surface area contributed by atoms with E-state index in [0.717, 1.165) is 10.2 Å². The Morgan fingerprint density at radius 1 is 1.03 bits per heavy atom. The predicted octanol–water partition coefficient (Wildman–Crippen LogP) is 3.21. The zero-order valence-corrected chi connectivity index (χ0v) is 15.8. The molecule has 0 bridgehead atoms. The maximum atomic E-state index is 13.1. The van der Waals surface area contributed by atoms with E-state index in [4.69, 9.17) is 0 Å². The molecule has 0 radical (unpaired) electrons. The lowest BCUT2D eigenvalue weighted by Crippen LogP contribution is -2.35. The molecule has 0 aliphatic rings. The molecule has 2 aromatic carbocycles. The molecule has 2 N–H and O–H groups in total. The molecular weight excluding hydrogens is 375 g/mol. The Hall–Kier alpha value is -3.81. The molecule has 7 nitrogen and oxygen atoms in total. The highest BCUT2D eigenvalue weighted by Gasteiger charge is 2.21. The molecule has 0 unspecified atom stereocenters. The van der Waals surface area contributed by atoms with Gasteiger partial charge in [0, 0.05) is 18.2 Å². The first-order valence-electron chi connectivity index (χ1n) is 8.88. The molecule has 1 heterocycles. The third kappa shape index (κ3) is 4.73. The second kappa shape index (κ2) is 8.47. The number of carbonyl (C=O) groups excluding carboxylic acids is 2. The summed E-state index contributed by atoms with van der Waals surface area (Å²) in [5.74, 6) is -1.35. The van der Waals surface area contributed by atoms with Gasteiger partial charge in [0.2, 0.25) is 11.8 Å². The number of carbonyl (C=O) groups is 2. The SMILES string of the molecule is CC(=O)Nc1cc(-c2ccccc2)nn([C@@H](C)C(=O)Nc2ccc(F)cc2)c1=O. The van der Waals surface area contributed by atoms with E-state index in [-0.39, 0.29) is 5.69 Å². The van der Waals surface area contributed by atoms with Crippen LogP contribution in [0.1, 0.15) is 19.9 Å². The number of amides is 2. The summed E-state index contributed by atoms with van der Waals surface area (Å²) in [6, 6.07) is 14.8. The van der Waals surface area contributed by atoms with Crippen LogP contribution in [0.15, 0.2) is 65.5 Å². The van der Waals surface area contributed by atoms with Crippen molar-refractivity contribution in [1.29, 1.82) is 0 Å². The summed E-state index contributed by atoms with van der Waals surface area (Å²) >= 11 is 0. The van der Waals surface area contributed by atoms with Crippen LogP contribution in [0.4, 0.5) is 15.8 Å². The first-order valence-corrected chi connectivity index (χ1v) is 8.88. The van der Waals surface area contributed by atoms with Crippen molar-refractivity contribution in [1.82, 2.24) is 9.78 Å². The predicted molar refractivity (Wildman–Crippen MR) is 108 cm³/mol. The van der Waals surface area contributed by atoms with Crippen LogP contribution in [0.25, 0.3) is 11.3 Å². The van der Waals surface area contributed by atoms with Crippen molar-refractivity contribution in [2.24, 2.45) is 0 Å². The Balaban J connectivity index is 1.99. The average Bonchev–Trinajstić information content (AvgIpc) is 2.71. The third-order valence-electron chi connectivity index (χ3n) is 4.17. The summed E-state index contributed by atoms with van der Waals surface area (Å²) in [6.45, 7) is 2.80. The number of benzene rings is 2. The maximum Gasteiger partial charge on any atom is 0.291 e. The number of rotatable bonds is 5. The first-order chi connectivity index (χ1) is 13.8. The van der Waals surface area contributed by atoms with Gasteiger partial charge in [-0.05, 0) is 37.3 Å². The molecule has 2 amide bonds. The molecule has 148 valence electrons.